The number of primary amides is 1. The Bertz CT molecular complexity index is 726. The standard InChI is InChI=1S/C19H21N3O2/c20-18(23)16-8-4-5-13(11-16)12-21-19(24)22-17(15-9-10-15)14-6-2-1-3-7-14/h1-8,11,15,17H,9-10,12H2,(H2,20,23)(H2,21,22,24). The van der Waals surface area contributed by atoms with Crippen LogP contribution in [0.2, 0.25) is 0 Å². The molecule has 2 aromatic carbocycles. The van der Waals surface area contributed by atoms with Crippen molar-refractivity contribution in [2.24, 2.45) is 11.7 Å². The lowest BCUT2D eigenvalue weighted by atomic mass is 10.0. The fourth-order valence-electron chi connectivity index (χ4n) is 2.77. The van der Waals surface area contributed by atoms with Gasteiger partial charge in [0.05, 0.1) is 6.04 Å². The minimum atomic E-state index is -0.473. The first-order chi connectivity index (χ1) is 11.6. The Balaban J connectivity index is 1.59. The molecule has 0 heterocycles. The first-order valence-electron chi connectivity index (χ1n) is 8.11. The van der Waals surface area contributed by atoms with Gasteiger partial charge in [0.15, 0.2) is 0 Å². The van der Waals surface area contributed by atoms with Gasteiger partial charge in [0, 0.05) is 12.1 Å². The number of rotatable bonds is 6. The number of nitrogens with two attached hydrogens (primary N) is 1. The molecule has 2 aromatic rings. The van der Waals surface area contributed by atoms with Crippen LogP contribution in [0.1, 0.15) is 40.4 Å². The number of carbonyl (C=O) groups excluding carboxylic acids is 2. The quantitative estimate of drug-likeness (QED) is 0.763. The van der Waals surface area contributed by atoms with Crippen molar-refractivity contribution in [3.8, 4) is 0 Å². The summed E-state index contributed by atoms with van der Waals surface area (Å²) in [6.45, 7) is 0.346. The highest BCUT2D eigenvalue weighted by molar-refractivity contribution is 5.92. The van der Waals surface area contributed by atoms with Gasteiger partial charge in [-0.3, -0.25) is 4.79 Å². The maximum atomic E-state index is 12.2. The van der Waals surface area contributed by atoms with Gasteiger partial charge < -0.3 is 16.4 Å². The summed E-state index contributed by atoms with van der Waals surface area (Å²) in [7, 11) is 0. The van der Waals surface area contributed by atoms with Crippen LogP contribution in [0.5, 0.6) is 0 Å². The zero-order chi connectivity index (χ0) is 16.9. The molecular weight excluding hydrogens is 302 g/mol. The van der Waals surface area contributed by atoms with Crippen molar-refractivity contribution in [3.63, 3.8) is 0 Å². The predicted molar refractivity (Wildman–Crippen MR) is 92.2 cm³/mol. The largest absolute Gasteiger partial charge is 0.366 e. The smallest absolute Gasteiger partial charge is 0.315 e. The molecule has 1 atom stereocenters. The number of urea groups is 1. The van der Waals surface area contributed by atoms with Gasteiger partial charge in [0.25, 0.3) is 0 Å². The van der Waals surface area contributed by atoms with E-state index in [1.807, 2.05) is 36.4 Å². The molecule has 3 amide bonds. The van der Waals surface area contributed by atoms with E-state index in [1.165, 1.54) is 0 Å². The molecule has 1 unspecified atom stereocenters. The van der Waals surface area contributed by atoms with E-state index in [0.29, 0.717) is 18.0 Å². The summed E-state index contributed by atoms with van der Waals surface area (Å²) in [6.07, 6.45) is 2.28. The SMILES string of the molecule is NC(=O)c1cccc(CNC(=O)NC(c2ccccc2)C2CC2)c1. The summed E-state index contributed by atoms with van der Waals surface area (Å²) in [4.78, 5) is 23.4. The normalized spacial score (nSPS) is 14.7. The van der Waals surface area contributed by atoms with Gasteiger partial charge in [-0.05, 0) is 42.0 Å². The fraction of sp³-hybridized carbons (Fsp3) is 0.263. The summed E-state index contributed by atoms with van der Waals surface area (Å²) in [6, 6.07) is 16.8. The van der Waals surface area contributed by atoms with Crippen LogP contribution < -0.4 is 16.4 Å². The summed E-state index contributed by atoms with van der Waals surface area (Å²) in [5, 5.41) is 5.91. The maximum absolute atomic E-state index is 12.2. The van der Waals surface area contributed by atoms with Crippen molar-refractivity contribution in [2.75, 3.05) is 0 Å². The van der Waals surface area contributed by atoms with Crippen molar-refractivity contribution in [2.45, 2.75) is 25.4 Å². The van der Waals surface area contributed by atoms with E-state index in [0.717, 1.165) is 24.0 Å². The van der Waals surface area contributed by atoms with Gasteiger partial charge in [0.2, 0.25) is 5.91 Å². The molecule has 1 fully saturated rings. The lowest BCUT2D eigenvalue weighted by Gasteiger charge is -2.19. The maximum Gasteiger partial charge on any atom is 0.315 e. The minimum absolute atomic E-state index is 0.0446. The molecule has 1 aliphatic carbocycles. The van der Waals surface area contributed by atoms with Gasteiger partial charge in [-0.25, -0.2) is 4.79 Å². The zero-order valence-corrected chi connectivity index (χ0v) is 13.4. The number of hydrogen-bond acceptors (Lipinski definition) is 2. The lowest BCUT2D eigenvalue weighted by molar-refractivity contribution is 0.1000. The molecule has 5 nitrogen and oxygen atoms in total. The van der Waals surface area contributed by atoms with Crippen molar-refractivity contribution < 1.29 is 9.59 Å². The Morgan fingerprint density at radius 2 is 1.83 bits per heavy atom. The third-order valence-corrected chi connectivity index (χ3v) is 4.20. The van der Waals surface area contributed by atoms with E-state index in [-0.39, 0.29) is 12.1 Å². The fourth-order valence-corrected chi connectivity index (χ4v) is 2.77. The monoisotopic (exact) mass is 323 g/mol. The lowest BCUT2D eigenvalue weighted by Crippen LogP contribution is -2.38. The number of amides is 3. The van der Waals surface area contributed by atoms with Crippen LogP contribution in [0.15, 0.2) is 54.6 Å². The van der Waals surface area contributed by atoms with Crippen LogP contribution in [-0.2, 0) is 6.54 Å². The van der Waals surface area contributed by atoms with Gasteiger partial charge >= 0.3 is 6.03 Å². The van der Waals surface area contributed by atoms with Gasteiger partial charge in [-0.15, -0.1) is 0 Å². The van der Waals surface area contributed by atoms with Crippen molar-refractivity contribution >= 4 is 11.9 Å². The van der Waals surface area contributed by atoms with Crippen LogP contribution in [0.3, 0.4) is 0 Å². The molecule has 0 aliphatic heterocycles. The molecule has 0 bridgehead atoms. The number of carbonyl (C=O) groups is 2. The summed E-state index contributed by atoms with van der Waals surface area (Å²) in [5.41, 5.74) is 7.68. The van der Waals surface area contributed by atoms with Crippen molar-refractivity contribution in [1.29, 1.82) is 0 Å². The molecule has 0 aromatic heterocycles. The van der Waals surface area contributed by atoms with Crippen LogP contribution in [-0.4, -0.2) is 11.9 Å². The molecule has 5 heteroatoms. The minimum Gasteiger partial charge on any atom is -0.366 e. The molecule has 4 N–H and O–H groups in total. The van der Waals surface area contributed by atoms with Crippen molar-refractivity contribution in [1.82, 2.24) is 10.6 Å². The summed E-state index contributed by atoms with van der Waals surface area (Å²) in [5.74, 6) is 0.0375. The Morgan fingerprint density at radius 3 is 2.50 bits per heavy atom. The Kier molecular flexibility index (Phi) is 4.79. The molecule has 0 radical (unpaired) electrons. The Labute approximate surface area is 141 Å². The third kappa shape index (κ3) is 4.13. The second-order valence-corrected chi connectivity index (χ2v) is 6.12. The molecule has 0 saturated heterocycles. The van der Waals surface area contributed by atoms with Crippen LogP contribution in [0, 0.1) is 5.92 Å². The number of benzene rings is 2. The summed E-state index contributed by atoms with van der Waals surface area (Å²) >= 11 is 0. The van der Waals surface area contributed by atoms with E-state index >= 15 is 0 Å². The third-order valence-electron chi connectivity index (χ3n) is 4.20. The topological polar surface area (TPSA) is 84.2 Å². The zero-order valence-electron chi connectivity index (χ0n) is 13.4. The van der Waals surface area contributed by atoms with Crippen LogP contribution >= 0.6 is 0 Å². The van der Waals surface area contributed by atoms with Gasteiger partial charge in [-0.2, -0.15) is 0 Å². The molecule has 124 valence electrons. The Hall–Kier alpha value is -2.82. The van der Waals surface area contributed by atoms with E-state index in [9.17, 15) is 9.59 Å². The van der Waals surface area contributed by atoms with E-state index < -0.39 is 5.91 Å². The highest BCUT2D eigenvalue weighted by Gasteiger charge is 2.33. The highest BCUT2D eigenvalue weighted by atomic mass is 16.2. The molecule has 24 heavy (non-hydrogen) atoms. The first kappa shape index (κ1) is 16.1. The Morgan fingerprint density at radius 1 is 1.08 bits per heavy atom. The van der Waals surface area contributed by atoms with Crippen LogP contribution in [0.25, 0.3) is 0 Å². The van der Waals surface area contributed by atoms with E-state index in [1.54, 1.807) is 18.2 Å². The molecule has 0 spiro atoms. The van der Waals surface area contributed by atoms with E-state index in [2.05, 4.69) is 10.6 Å². The molecule has 1 saturated carbocycles. The van der Waals surface area contributed by atoms with Crippen molar-refractivity contribution in [3.05, 3.63) is 71.3 Å². The first-order valence-corrected chi connectivity index (χ1v) is 8.11. The average molecular weight is 323 g/mol. The number of hydrogen-bond donors (Lipinski definition) is 3. The highest BCUT2D eigenvalue weighted by Crippen LogP contribution is 2.40. The number of nitrogens with one attached hydrogen (secondary N) is 2. The van der Waals surface area contributed by atoms with Gasteiger partial charge in [0.1, 0.15) is 0 Å². The molecular formula is C19H21N3O2. The second kappa shape index (κ2) is 7.17. The predicted octanol–water partition coefficient (Wildman–Crippen LogP) is 2.74. The van der Waals surface area contributed by atoms with Gasteiger partial charge in [-0.1, -0.05) is 42.5 Å². The average Bonchev–Trinajstić information content (AvgIpc) is 3.44. The summed E-state index contributed by atoms with van der Waals surface area (Å²) < 4.78 is 0. The molecule has 1 aliphatic rings. The van der Waals surface area contributed by atoms with Crippen LogP contribution in [0.4, 0.5) is 4.79 Å². The van der Waals surface area contributed by atoms with E-state index in [4.69, 9.17) is 5.73 Å². The molecule has 3 rings (SSSR count). The second-order valence-electron chi connectivity index (χ2n) is 6.12.